The van der Waals surface area contributed by atoms with Crippen LogP contribution in [0.1, 0.15) is 12.6 Å². The molecule has 0 amide bonds. The van der Waals surface area contributed by atoms with E-state index in [1.165, 1.54) is 19.2 Å². The summed E-state index contributed by atoms with van der Waals surface area (Å²) >= 11 is 0. The second-order valence-corrected chi connectivity index (χ2v) is 2.38. The highest BCUT2D eigenvalue weighted by molar-refractivity contribution is 5.69. The number of carbonyl (C=O) groups is 1. The zero-order chi connectivity index (χ0) is 10.6. The predicted molar refractivity (Wildman–Crippen MR) is 46.6 cm³/mol. The predicted octanol–water partition coefficient (Wildman–Crippen LogP) is 0.816. The van der Waals surface area contributed by atoms with Gasteiger partial charge in [0.1, 0.15) is 12.0 Å². The van der Waals surface area contributed by atoms with Gasteiger partial charge in [-0.25, -0.2) is 0 Å². The Balaban J connectivity index is 2.95. The minimum Gasteiger partial charge on any atom is -0.512 e. The molecule has 1 aromatic heterocycles. The van der Waals surface area contributed by atoms with E-state index in [-0.39, 0.29) is 11.4 Å². The molecule has 0 aliphatic carbocycles. The van der Waals surface area contributed by atoms with Crippen LogP contribution in [0.2, 0.25) is 0 Å². The van der Waals surface area contributed by atoms with E-state index in [4.69, 9.17) is 10.2 Å². The molecule has 2 N–H and O–H groups in total. The van der Waals surface area contributed by atoms with Crippen molar-refractivity contribution < 1.29 is 19.7 Å². The van der Waals surface area contributed by atoms with E-state index >= 15 is 0 Å². The van der Waals surface area contributed by atoms with Crippen LogP contribution in [0.3, 0.4) is 0 Å². The van der Waals surface area contributed by atoms with Crippen LogP contribution in [0.4, 0.5) is 0 Å². The van der Waals surface area contributed by atoms with Gasteiger partial charge >= 0.3 is 5.97 Å². The molecule has 0 aliphatic heterocycles. The molecule has 14 heavy (non-hydrogen) atoms. The molecule has 0 atom stereocenters. The lowest BCUT2D eigenvalue weighted by Crippen LogP contribution is -2.03. The van der Waals surface area contributed by atoms with E-state index in [1.807, 2.05) is 0 Å². The summed E-state index contributed by atoms with van der Waals surface area (Å²) in [6.45, 7) is 1.24. The van der Waals surface area contributed by atoms with Crippen molar-refractivity contribution in [1.82, 2.24) is 10.2 Å². The first-order chi connectivity index (χ1) is 6.63. The number of aromatic nitrogens is 2. The molecule has 1 heterocycles. The second-order valence-electron chi connectivity index (χ2n) is 2.38. The average molecular weight is 196 g/mol. The number of nitrogens with zero attached hydrogens (tertiary/aromatic N) is 2. The van der Waals surface area contributed by atoms with Crippen LogP contribution in [-0.2, 0) is 4.79 Å². The van der Waals surface area contributed by atoms with Crippen molar-refractivity contribution in [2.24, 2.45) is 0 Å². The van der Waals surface area contributed by atoms with Gasteiger partial charge in [0.25, 0.3) is 0 Å². The number of ether oxygens (including phenoxy) is 1. The quantitative estimate of drug-likeness (QED) is 0.537. The van der Waals surface area contributed by atoms with Gasteiger partial charge in [0, 0.05) is 13.0 Å². The standard InChI is InChI=1S/C8H8N2O4/c1-5(12)14-6-2-7(8(13)4-11)10-9-3-6/h2-4,11,13H,1H3. The summed E-state index contributed by atoms with van der Waals surface area (Å²) in [5.41, 5.74) is 0.0197. The fraction of sp³-hybridized carbons (Fsp3) is 0.125. The Morgan fingerprint density at radius 2 is 2.36 bits per heavy atom. The number of hydrogen-bond donors (Lipinski definition) is 2. The van der Waals surface area contributed by atoms with Crippen molar-refractivity contribution in [3.63, 3.8) is 0 Å². The van der Waals surface area contributed by atoms with Crippen molar-refractivity contribution >= 4 is 11.7 Å². The number of aliphatic hydroxyl groups is 2. The first kappa shape index (κ1) is 9.97. The van der Waals surface area contributed by atoms with Gasteiger partial charge in [-0.05, 0) is 0 Å². The number of rotatable bonds is 2. The van der Waals surface area contributed by atoms with E-state index < -0.39 is 11.7 Å². The van der Waals surface area contributed by atoms with E-state index in [9.17, 15) is 4.79 Å². The normalized spacial score (nSPS) is 11.1. The fourth-order valence-electron chi connectivity index (χ4n) is 0.762. The van der Waals surface area contributed by atoms with Crippen LogP contribution < -0.4 is 4.74 Å². The molecule has 1 rings (SSSR count). The van der Waals surface area contributed by atoms with E-state index in [2.05, 4.69) is 14.9 Å². The van der Waals surface area contributed by atoms with Gasteiger partial charge in [-0.3, -0.25) is 4.79 Å². The number of carbonyl (C=O) groups excluding carboxylic acids is 1. The summed E-state index contributed by atoms with van der Waals surface area (Å²) in [5.74, 6) is -0.807. The number of aliphatic hydroxyl groups excluding tert-OH is 2. The number of hydrogen-bond acceptors (Lipinski definition) is 6. The van der Waals surface area contributed by atoms with Gasteiger partial charge in [0.2, 0.25) is 0 Å². The maximum absolute atomic E-state index is 10.6. The molecule has 6 nitrogen and oxygen atoms in total. The highest BCUT2D eigenvalue weighted by atomic mass is 16.5. The molecule has 0 radical (unpaired) electrons. The fourth-order valence-corrected chi connectivity index (χ4v) is 0.762. The Hall–Kier alpha value is -2.11. The molecular formula is C8H8N2O4. The maximum atomic E-state index is 10.6. The zero-order valence-corrected chi connectivity index (χ0v) is 7.34. The SMILES string of the molecule is CC(=O)Oc1cnnc(C(O)=CO)c1. The summed E-state index contributed by atoms with van der Waals surface area (Å²) in [6.07, 6.45) is 1.69. The highest BCUT2D eigenvalue weighted by Gasteiger charge is 2.05. The Morgan fingerprint density at radius 3 is 2.93 bits per heavy atom. The average Bonchev–Trinajstić information content (AvgIpc) is 2.16. The van der Waals surface area contributed by atoms with E-state index in [0.29, 0.717) is 6.26 Å². The smallest absolute Gasteiger partial charge is 0.308 e. The van der Waals surface area contributed by atoms with Crippen LogP contribution in [0.5, 0.6) is 5.75 Å². The molecule has 74 valence electrons. The largest absolute Gasteiger partial charge is 0.512 e. The van der Waals surface area contributed by atoms with Crippen LogP contribution >= 0.6 is 0 Å². The molecule has 1 aromatic rings. The first-order valence-corrected chi connectivity index (χ1v) is 3.68. The van der Waals surface area contributed by atoms with Gasteiger partial charge in [-0.1, -0.05) is 0 Å². The minimum atomic E-state index is -0.503. The highest BCUT2D eigenvalue weighted by Crippen LogP contribution is 2.13. The Kier molecular flexibility index (Phi) is 3.01. The van der Waals surface area contributed by atoms with Gasteiger partial charge < -0.3 is 14.9 Å². The van der Waals surface area contributed by atoms with Crippen LogP contribution in [0, 0.1) is 0 Å². The van der Waals surface area contributed by atoms with Crippen LogP contribution in [0.25, 0.3) is 5.76 Å². The number of esters is 1. The summed E-state index contributed by atoms with van der Waals surface area (Å²) in [7, 11) is 0. The monoisotopic (exact) mass is 196 g/mol. The van der Waals surface area contributed by atoms with Crippen molar-refractivity contribution in [3.05, 3.63) is 24.2 Å². The van der Waals surface area contributed by atoms with Gasteiger partial charge in [-0.15, -0.1) is 5.10 Å². The molecule has 0 fully saturated rings. The first-order valence-electron chi connectivity index (χ1n) is 3.68. The third-order valence-corrected chi connectivity index (χ3v) is 1.28. The maximum Gasteiger partial charge on any atom is 0.308 e. The Labute approximate surface area is 79.5 Å². The lowest BCUT2D eigenvalue weighted by atomic mass is 10.3. The van der Waals surface area contributed by atoms with Crippen LogP contribution in [0.15, 0.2) is 18.5 Å². The molecular weight excluding hydrogens is 188 g/mol. The molecule has 0 aliphatic rings. The summed E-state index contributed by atoms with van der Waals surface area (Å²) in [4.78, 5) is 10.6. The summed E-state index contributed by atoms with van der Waals surface area (Å²) < 4.78 is 4.69. The van der Waals surface area contributed by atoms with Gasteiger partial charge in [-0.2, -0.15) is 5.10 Å². The lowest BCUT2D eigenvalue weighted by molar-refractivity contribution is -0.131. The summed E-state index contributed by atoms with van der Waals surface area (Å²) in [5, 5.41) is 24.5. The third kappa shape index (κ3) is 2.44. The van der Waals surface area contributed by atoms with Crippen molar-refractivity contribution in [1.29, 1.82) is 0 Å². The third-order valence-electron chi connectivity index (χ3n) is 1.28. The van der Waals surface area contributed by atoms with Crippen molar-refractivity contribution in [2.45, 2.75) is 6.92 Å². The van der Waals surface area contributed by atoms with E-state index in [0.717, 1.165) is 0 Å². The zero-order valence-electron chi connectivity index (χ0n) is 7.34. The molecule has 0 bridgehead atoms. The molecule has 0 unspecified atom stereocenters. The summed E-state index contributed by atoms with van der Waals surface area (Å²) in [6, 6.07) is 1.27. The molecule has 0 spiro atoms. The topological polar surface area (TPSA) is 92.5 Å². The molecule has 6 heteroatoms. The van der Waals surface area contributed by atoms with Gasteiger partial charge in [0.05, 0.1) is 6.20 Å². The van der Waals surface area contributed by atoms with Crippen molar-refractivity contribution in [2.75, 3.05) is 0 Å². The lowest BCUT2D eigenvalue weighted by Gasteiger charge is -2.01. The van der Waals surface area contributed by atoms with E-state index in [1.54, 1.807) is 0 Å². The molecule has 0 aromatic carbocycles. The van der Waals surface area contributed by atoms with Crippen molar-refractivity contribution in [3.8, 4) is 5.75 Å². The second kappa shape index (κ2) is 4.22. The molecule has 0 saturated heterocycles. The Bertz CT molecular complexity index is 375. The van der Waals surface area contributed by atoms with Gasteiger partial charge in [0.15, 0.2) is 11.5 Å². The Morgan fingerprint density at radius 1 is 1.64 bits per heavy atom. The minimum absolute atomic E-state index is 0.0197. The van der Waals surface area contributed by atoms with Crippen LogP contribution in [-0.4, -0.2) is 26.4 Å². The molecule has 0 saturated carbocycles.